The van der Waals surface area contributed by atoms with E-state index in [0.29, 0.717) is 30.3 Å². The molecule has 1 unspecified atom stereocenters. The van der Waals surface area contributed by atoms with E-state index in [9.17, 15) is 9.18 Å². The van der Waals surface area contributed by atoms with Gasteiger partial charge in [-0.3, -0.25) is 4.79 Å². The molecule has 1 aliphatic heterocycles. The Hall–Kier alpha value is -3.00. The summed E-state index contributed by atoms with van der Waals surface area (Å²) < 4.78 is 16.4. The van der Waals surface area contributed by atoms with Crippen molar-refractivity contribution in [2.24, 2.45) is 0 Å². The summed E-state index contributed by atoms with van der Waals surface area (Å²) in [7, 11) is 0. The van der Waals surface area contributed by atoms with Crippen molar-refractivity contribution in [2.75, 3.05) is 11.9 Å². The zero-order valence-electron chi connectivity index (χ0n) is 20.9. The molecule has 2 fully saturated rings. The molecule has 3 N–H and O–H groups in total. The third-order valence-electron chi connectivity index (χ3n) is 8.53. The molecule has 2 aromatic heterocycles. The summed E-state index contributed by atoms with van der Waals surface area (Å²) in [5.74, 6) is 0.464. The van der Waals surface area contributed by atoms with Crippen molar-refractivity contribution in [2.45, 2.75) is 88.4 Å². The topological polar surface area (TPSA) is 83.9 Å². The number of fused-ring (bicyclic) bond motifs is 4. The highest BCUT2D eigenvalue weighted by atomic mass is 19.1. The van der Waals surface area contributed by atoms with Gasteiger partial charge in [-0.1, -0.05) is 37.5 Å². The molecule has 7 nitrogen and oxygen atoms in total. The number of carbonyl (C=O) groups excluding carboxylic acids is 1. The standard InChI is InChI=1S/C28H35FN6O/c1-18(22-7-3-4-8-23(22)29)32-20-9-11-21(12-10-20)33-27-30-16-19-15-24-26(36)31-17-28(13-5-2-6-14-28)35(24)25(19)34-27/h3-4,7-8,15-16,18,20-21,32H,2,5-6,9-14,17H2,1H3,(H,31,36)(H,30,33,34)/t18?,20-,21-. The maximum Gasteiger partial charge on any atom is 0.268 e. The Morgan fingerprint density at radius 2 is 1.86 bits per heavy atom. The minimum Gasteiger partial charge on any atom is -0.351 e. The minimum absolute atomic E-state index is 0.0173. The number of hydrogen-bond acceptors (Lipinski definition) is 5. The van der Waals surface area contributed by atoms with Crippen LogP contribution in [0.5, 0.6) is 0 Å². The number of rotatable bonds is 5. The van der Waals surface area contributed by atoms with Crippen molar-refractivity contribution in [3.05, 3.63) is 53.6 Å². The summed E-state index contributed by atoms with van der Waals surface area (Å²) in [6.07, 6.45) is 11.6. The zero-order valence-corrected chi connectivity index (χ0v) is 20.9. The van der Waals surface area contributed by atoms with Gasteiger partial charge in [-0.25, -0.2) is 9.37 Å². The van der Waals surface area contributed by atoms with Gasteiger partial charge in [0.05, 0.1) is 5.54 Å². The van der Waals surface area contributed by atoms with Crippen molar-refractivity contribution in [3.63, 3.8) is 0 Å². The second kappa shape index (κ2) is 9.47. The Morgan fingerprint density at radius 3 is 2.64 bits per heavy atom. The van der Waals surface area contributed by atoms with E-state index in [1.165, 1.54) is 25.3 Å². The number of benzene rings is 1. The van der Waals surface area contributed by atoms with E-state index in [4.69, 9.17) is 4.98 Å². The summed E-state index contributed by atoms with van der Waals surface area (Å²) in [5.41, 5.74) is 2.22. The number of anilines is 1. The number of aromatic nitrogens is 3. The van der Waals surface area contributed by atoms with Crippen LogP contribution in [0.4, 0.5) is 10.3 Å². The molecule has 1 spiro atoms. The second-order valence-corrected chi connectivity index (χ2v) is 10.9. The Morgan fingerprint density at radius 1 is 1.11 bits per heavy atom. The van der Waals surface area contributed by atoms with E-state index in [2.05, 4.69) is 25.5 Å². The Kier molecular flexibility index (Phi) is 6.15. The summed E-state index contributed by atoms with van der Waals surface area (Å²) in [6.45, 7) is 2.71. The highest BCUT2D eigenvalue weighted by molar-refractivity contribution is 5.99. The predicted octanol–water partition coefficient (Wildman–Crippen LogP) is 5.05. The molecule has 0 saturated heterocycles. The first-order chi connectivity index (χ1) is 17.5. The first kappa shape index (κ1) is 23.4. The molecule has 6 rings (SSSR count). The fourth-order valence-corrected chi connectivity index (χ4v) is 6.59. The van der Waals surface area contributed by atoms with E-state index < -0.39 is 0 Å². The normalized spacial score (nSPS) is 24.3. The van der Waals surface area contributed by atoms with Gasteiger partial charge in [0.25, 0.3) is 5.91 Å². The number of nitrogens with one attached hydrogen (secondary N) is 3. The van der Waals surface area contributed by atoms with Crippen LogP contribution in [0.3, 0.4) is 0 Å². The van der Waals surface area contributed by atoms with Gasteiger partial charge in [0.15, 0.2) is 0 Å². The highest BCUT2D eigenvalue weighted by Crippen LogP contribution is 2.40. The van der Waals surface area contributed by atoms with Crippen molar-refractivity contribution < 1.29 is 9.18 Å². The maximum atomic E-state index is 14.1. The average molecular weight is 491 g/mol. The van der Waals surface area contributed by atoms with Crippen LogP contribution in [-0.4, -0.2) is 39.1 Å². The summed E-state index contributed by atoms with van der Waals surface area (Å²) in [6, 6.07) is 9.59. The monoisotopic (exact) mass is 490 g/mol. The van der Waals surface area contributed by atoms with E-state index in [1.807, 2.05) is 31.3 Å². The van der Waals surface area contributed by atoms with E-state index in [-0.39, 0.29) is 23.3 Å². The lowest BCUT2D eigenvalue weighted by molar-refractivity contribution is 0.0833. The molecule has 3 aromatic rings. The van der Waals surface area contributed by atoms with Crippen LogP contribution in [0.15, 0.2) is 36.5 Å². The van der Waals surface area contributed by atoms with Gasteiger partial charge in [0.1, 0.15) is 17.2 Å². The second-order valence-electron chi connectivity index (χ2n) is 10.9. The molecule has 1 amide bonds. The maximum absolute atomic E-state index is 14.1. The average Bonchev–Trinajstić information content (AvgIpc) is 3.29. The van der Waals surface area contributed by atoms with Gasteiger partial charge in [-0.15, -0.1) is 0 Å². The largest absolute Gasteiger partial charge is 0.351 e. The van der Waals surface area contributed by atoms with Crippen molar-refractivity contribution in [1.29, 1.82) is 0 Å². The summed E-state index contributed by atoms with van der Waals surface area (Å²) in [4.78, 5) is 22.2. The number of carbonyl (C=O) groups is 1. The lowest BCUT2D eigenvalue weighted by Gasteiger charge is -2.42. The molecule has 36 heavy (non-hydrogen) atoms. The van der Waals surface area contributed by atoms with Crippen LogP contribution >= 0.6 is 0 Å². The fraction of sp³-hybridized carbons (Fsp3) is 0.536. The summed E-state index contributed by atoms with van der Waals surface area (Å²) in [5, 5.41) is 11.2. The predicted molar refractivity (Wildman–Crippen MR) is 139 cm³/mol. The fourth-order valence-electron chi connectivity index (χ4n) is 6.59. The van der Waals surface area contributed by atoms with E-state index in [0.717, 1.165) is 55.1 Å². The van der Waals surface area contributed by atoms with Gasteiger partial charge in [-0.2, -0.15) is 4.98 Å². The van der Waals surface area contributed by atoms with Crippen molar-refractivity contribution >= 4 is 22.9 Å². The third-order valence-corrected chi connectivity index (χ3v) is 8.53. The quantitative estimate of drug-likeness (QED) is 0.466. The Balaban J connectivity index is 1.15. The molecular weight excluding hydrogens is 455 g/mol. The molecule has 2 saturated carbocycles. The van der Waals surface area contributed by atoms with Gasteiger partial charge >= 0.3 is 0 Å². The van der Waals surface area contributed by atoms with Gasteiger partial charge in [-0.05, 0) is 57.6 Å². The first-order valence-corrected chi connectivity index (χ1v) is 13.5. The van der Waals surface area contributed by atoms with Crippen LogP contribution in [0.25, 0.3) is 11.0 Å². The minimum atomic E-state index is -0.152. The molecule has 2 aliphatic carbocycles. The molecule has 1 atom stereocenters. The SMILES string of the molecule is CC(N[C@H]1CC[C@H](Nc2ncc3cc4n(c3n2)C2(CCCCC2)CNC4=O)CC1)c1ccccc1F. The Labute approximate surface area is 211 Å². The zero-order chi connectivity index (χ0) is 24.7. The smallest absolute Gasteiger partial charge is 0.268 e. The van der Waals surface area contributed by atoms with Gasteiger partial charge in [0.2, 0.25) is 5.95 Å². The molecule has 0 radical (unpaired) electrons. The third kappa shape index (κ3) is 4.25. The van der Waals surface area contributed by atoms with Crippen molar-refractivity contribution in [3.8, 4) is 0 Å². The van der Waals surface area contributed by atoms with Crippen LogP contribution in [0, 0.1) is 5.82 Å². The molecule has 0 bridgehead atoms. The van der Waals surface area contributed by atoms with Crippen LogP contribution in [0.2, 0.25) is 0 Å². The number of hydrogen-bond donors (Lipinski definition) is 3. The lowest BCUT2D eigenvalue weighted by Crippen LogP contribution is -2.52. The van der Waals surface area contributed by atoms with Crippen LogP contribution in [0.1, 0.15) is 86.8 Å². The van der Waals surface area contributed by atoms with Crippen molar-refractivity contribution in [1.82, 2.24) is 25.2 Å². The molecule has 1 aromatic carbocycles. The molecular formula is C28H35FN6O. The highest BCUT2D eigenvalue weighted by Gasteiger charge is 2.41. The molecule has 3 aliphatic rings. The molecule has 190 valence electrons. The number of amides is 1. The Bertz CT molecular complexity index is 1260. The first-order valence-electron chi connectivity index (χ1n) is 13.5. The number of halogens is 1. The summed E-state index contributed by atoms with van der Waals surface area (Å²) >= 11 is 0. The van der Waals surface area contributed by atoms with Gasteiger partial charge in [0, 0.05) is 41.8 Å². The van der Waals surface area contributed by atoms with Gasteiger partial charge < -0.3 is 20.5 Å². The van der Waals surface area contributed by atoms with E-state index >= 15 is 0 Å². The van der Waals surface area contributed by atoms with Crippen LogP contribution < -0.4 is 16.0 Å². The lowest BCUT2D eigenvalue weighted by atomic mass is 9.80. The number of nitrogens with zero attached hydrogens (tertiary/aromatic N) is 3. The molecule has 3 heterocycles. The van der Waals surface area contributed by atoms with Crippen LogP contribution in [-0.2, 0) is 5.54 Å². The van der Waals surface area contributed by atoms with E-state index in [1.54, 1.807) is 6.07 Å². The molecule has 8 heteroatoms.